The molecule has 0 N–H and O–H groups in total. The Balaban J connectivity index is 1.60. The molecule has 1 atom stereocenters. The zero-order valence-electron chi connectivity index (χ0n) is 20.4. The predicted octanol–water partition coefficient (Wildman–Crippen LogP) is 4.40. The van der Waals surface area contributed by atoms with E-state index < -0.39 is 15.8 Å². The molecule has 0 amide bonds. The van der Waals surface area contributed by atoms with Gasteiger partial charge in [-0.1, -0.05) is 12.1 Å². The first kappa shape index (κ1) is 25.2. The van der Waals surface area contributed by atoms with Crippen molar-refractivity contribution in [2.45, 2.75) is 24.3 Å². The molecule has 0 fully saturated rings. The highest BCUT2D eigenvalue weighted by atomic mass is 32.2. The second-order valence-corrected chi connectivity index (χ2v) is 10.3. The van der Waals surface area contributed by atoms with Crippen molar-refractivity contribution in [3.8, 4) is 11.5 Å². The van der Waals surface area contributed by atoms with Crippen LogP contribution in [0.25, 0.3) is 0 Å². The third kappa shape index (κ3) is 5.85. The molecule has 0 bridgehead atoms. The minimum Gasteiger partial charge on any atom is -0.497 e. The molecular weight excluding hydrogens is 480 g/mol. The van der Waals surface area contributed by atoms with Gasteiger partial charge < -0.3 is 14.2 Å². The molecule has 4 rings (SSSR count). The summed E-state index contributed by atoms with van der Waals surface area (Å²) in [4.78, 5) is 11.8. The molecule has 3 aromatic carbocycles. The van der Waals surface area contributed by atoms with E-state index in [2.05, 4.69) is 0 Å². The van der Waals surface area contributed by atoms with Gasteiger partial charge >= 0.3 is 5.97 Å². The van der Waals surface area contributed by atoms with Gasteiger partial charge in [-0.15, -0.1) is 0 Å². The highest BCUT2D eigenvalue weighted by Crippen LogP contribution is 2.37. The molecule has 188 valence electrons. The molecule has 3 aromatic rings. The summed E-state index contributed by atoms with van der Waals surface area (Å²) in [7, 11) is -1.67. The van der Waals surface area contributed by atoms with Gasteiger partial charge in [0.25, 0.3) is 0 Å². The summed E-state index contributed by atoms with van der Waals surface area (Å²) in [6, 6.07) is 21.9. The van der Waals surface area contributed by atoms with Crippen LogP contribution in [-0.4, -0.2) is 46.7 Å². The second kappa shape index (κ2) is 10.8. The Morgan fingerprint density at radius 2 is 1.61 bits per heavy atom. The number of carbonyl (C=O) groups is 1. The molecule has 0 aromatic heterocycles. The number of nitrogens with zero attached hydrogens (tertiary/aromatic N) is 2. The minimum absolute atomic E-state index is 0.0882. The van der Waals surface area contributed by atoms with Crippen molar-refractivity contribution >= 4 is 27.2 Å². The van der Waals surface area contributed by atoms with Crippen LogP contribution < -0.4 is 14.5 Å². The van der Waals surface area contributed by atoms with Gasteiger partial charge in [0.2, 0.25) is 0 Å². The molecule has 0 saturated carbocycles. The fraction of sp³-hybridized carbons (Fsp3) is 0.259. The fourth-order valence-electron chi connectivity index (χ4n) is 3.94. The van der Waals surface area contributed by atoms with Gasteiger partial charge in [0, 0.05) is 12.7 Å². The molecule has 9 heteroatoms. The van der Waals surface area contributed by atoms with E-state index >= 15 is 0 Å². The Bertz CT molecular complexity index is 1330. The van der Waals surface area contributed by atoms with Gasteiger partial charge in [0.05, 0.1) is 36.1 Å². The molecule has 8 nitrogen and oxygen atoms in total. The van der Waals surface area contributed by atoms with Gasteiger partial charge in [0.1, 0.15) is 11.5 Å². The van der Waals surface area contributed by atoms with Crippen LogP contribution >= 0.6 is 0 Å². The van der Waals surface area contributed by atoms with Crippen LogP contribution in [0.4, 0.5) is 5.69 Å². The average molecular weight is 509 g/mol. The van der Waals surface area contributed by atoms with E-state index in [-0.39, 0.29) is 17.5 Å². The number of benzene rings is 3. The lowest BCUT2D eigenvalue weighted by molar-refractivity contribution is -0.145. The van der Waals surface area contributed by atoms with E-state index in [1.165, 1.54) is 6.26 Å². The number of hydrogen-bond donors (Lipinski definition) is 0. The highest BCUT2D eigenvalue weighted by molar-refractivity contribution is 7.90. The van der Waals surface area contributed by atoms with E-state index in [0.717, 1.165) is 28.3 Å². The third-order valence-electron chi connectivity index (χ3n) is 5.79. The summed E-state index contributed by atoms with van der Waals surface area (Å²) < 4.78 is 39.5. The van der Waals surface area contributed by atoms with Crippen LogP contribution in [-0.2, 0) is 19.4 Å². The molecule has 0 saturated heterocycles. The number of anilines is 1. The van der Waals surface area contributed by atoms with E-state index in [9.17, 15) is 13.2 Å². The van der Waals surface area contributed by atoms with Crippen molar-refractivity contribution < 1.29 is 27.4 Å². The highest BCUT2D eigenvalue weighted by Gasteiger charge is 2.30. The van der Waals surface area contributed by atoms with E-state index in [0.29, 0.717) is 18.8 Å². The van der Waals surface area contributed by atoms with E-state index in [1.54, 1.807) is 50.4 Å². The molecule has 1 heterocycles. The summed E-state index contributed by atoms with van der Waals surface area (Å²) in [6.45, 7) is 1.91. The number of carbonyl (C=O) groups excluding carboxylic acids is 1. The van der Waals surface area contributed by atoms with Crippen LogP contribution in [0.2, 0.25) is 0 Å². The Labute approximate surface area is 211 Å². The molecule has 0 spiro atoms. The first-order chi connectivity index (χ1) is 17.3. The molecule has 1 aliphatic heterocycles. The average Bonchev–Trinajstić information content (AvgIpc) is 3.33. The van der Waals surface area contributed by atoms with Gasteiger partial charge in [0.15, 0.2) is 16.4 Å². The summed E-state index contributed by atoms with van der Waals surface area (Å²) in [5.74, 6) is 0.910. The van der Waals surface area contributed by atoms with Crippen LogP contribution in [0.5, 0.6) is 11.5 Å². The molecule has 36 heavy (non-hydrogen) atoms. The molecule has 1 unspecified atom stereocenters. The van der Waals surface area contributed by atoms with E-state index in [1.807, 2.05) is 41.4 Å². The first-order valence-corrected chi connectivity index (χ1v) is 13.4. The lowest BCUT2D eigenvalue weighted by Gasteiger charge is -2.24. The quantitative estimate of drug-likeness (QED) is 0.396. The topological polar surface area (TPSA) is 94.5 Å². The molecular formula is C27H28N2O6S. The molecule has 0 radical (unpaired) electrons. The van der Waals surface area contributed by atoms with Crippen LogP contribution in [0.15, 0.2) is 82.8 Å². The fourth-order valence-corrected chi connectivity index (χ4v) is 4.57. The van der Waals surface area contributed by atoms with Crippen molar-refractivity contribution in [1.29, 1.82) is 0 Å². The zero-order valence-corrected chi connectivity index (χ0v) is 21.2. The monoisotopic (exact) mass is 508 g/mol. The van der Waals surface area contributed by atoms with Crippen LogP contribution in [0, 0.1) is 0 Å². The number of rotatable bonds is 9. The number of methoxy groups -OCH3 is 1. The maximum Gasteiger partial charge on any atom is 0.344 e. The van der Waals surface area contributed by atoms with Crippen LogP contribution in [0.1, 0.15) is 30.5 Å². The zero-order chi connectivity index (χ0) is 25.7. The van der Waals surface area contributed by atoms with Gasteiger partial charge in [-0.2, -0.15) is 5.10 Å². The van der Waals surface area contributed by atoms with Crippen LogP contribution in [0.3, 0.4) is 0 Å². The van der Waals surface area contributed by atoms with Crippen molar-refractivity contribution in [3.63, 3.8) is 0 Å². The summed E-state index contributed by atoms with van der Waals surface area (Å²) in [5, 5.41) is 6.81. The standard InChI is InChI=1S/C27H28N2O6S/c1-4-34-27(30)18-35-23-13-5-19(6-14-23)25-17-26(20-7-11-22(33-2)12-8-20)29(28-25)21-9-15-24(16-10-21)36(3,31)32/h5-16,26H,4,17-18H2,1-3H3. The second-order valence-electron chi connectivity index (χ2n) is 8.27. The van der Waals surface area contributed by atoms with Crippen molar-refractivity contribution in [3.05, 3.63) is 83.9 Å². The molecule has 0 aliphatic carbocycles. The lowest BCUT2D eigenvalue weighted by atomic mass is 9.98. The van der Waals surface area contributed by atoms with Gasteiger partial charge in [-0.05, 0) is 78.7 Å². The van der Waals surface area contributed by atoms with E-state index in [4.69, 9.17) is 19.3 Å². The summed E-state index contributed by atoms with van der Waals surface area (Å²) in [5.41, 5.74) is 3.64. The number of ether oxygens (including phenoxy) is 3. The predicted molar refractivity (Wildman–Crippen MR) is 137 cm³/mol. The normalized spacial score (nSPS) is 15.4. The number of esters is 1. The Morgan fingerprint density at radius 3 is 2.19 bits per heavy atom. The Hall–Kier alpha value is -3.85. The number of hydrogen-bond acceptors (Lipinski definition) is 8. The lowest BCUT2D eigenvalue weighted by Crippen LogP contribution is -2.18. The van der Waals surface area contributed by atoms with Gasteiger partial charge in [-0.3, -0.25) is 5.01 Å². The summed E-state index contributed by atoms with van der Waals surface area (Å²) in [6.07, 6.45) is 1.83. The maximum atomic E-state index is 11.9. The SMILES string of the molecule is CCOC(=O)COc1ccc(C2=NN(c3ccc(S(C)(=O)=O)cc3)C(c3ccc(OC)cc3)C2)cc1. The maximum absolute atomic E-state index is 11.9. The van der Waals surface area contributed by atoms with Crippen molar-refractivity contribution in [1.82, 2.24) is 0 Å². The summed E-state index contributed by atoms with van der Waals surface area (Å²) >= 11 is 0. The Morgan fingerprint density at radius 1 is 0.972 bits per heavy atom. The van der Waals surface area contributed by atoms with Gasteiger partial charge in [-0.25, -0.2) is 13.2 Å². The molecule has 1 aliphatic rings. The first-order valence-electron chi connectivity index (χ1n) is 11.5. The van der Waals surface area contributed by atoms with Crippen molar-refractivity contribution in [2.24, 2.45) is 5.10 Å². The number of sulfone groups is 1. The third-order valence-corrected chi connectivity index (χ3v) is 6.92. The minimum atomic E-state index is -3.30. The van der Waals surface area contributed by atoms with Crippen molar-refractivity contribution in [2.75, 3.05) is 31.6 Å². The number of hydrazone groups is 1. The smallest absolute Gasteiger partial charge is 0.344 e. The Kier molecular flexibility index (Phi) is 7.59. The largest absolute Gasteiger partial charge is 0.497 e.